The molecule has 3 aliphatic rings. The van der Waals surface area contributed by atoms with Crippen molar-refractivity contribution in [2.45, 2.75) is 57.5 Å². The molecule has 2 amide bonds. The SMILES string of the molecule is NC1C2CCCC1CC(C(=O)NCc1cccc(N3CCCC3=O)c1)C2. The van der Waals surface area contributed by atoms with Gasteiger partial charge in [0.1, 0.15) is 0 Å². The van der Waals surface area contributed by atoms with E-state index in [1.54, 1.807) is 0 Å². The van der Waals surface area contributed by atoms with Gasteiger partial charge in [-0.25, -0.2) is 0 Å². The van der Waals surface area contributed by atoms with Crippen LogP contribution in [0.25, 0.3) is 0 Å². The molecule has 140 valence electrons. The maximum absolute atomic E-state index is 12.7. The Hall–Kier alpha value is -1.88. The third-order valence-corrected chi connectivity index (χ3v) is 6.55. The number of amides is 2. The number of nitrogens with two attached hydrogens (primary N) is 1. The van der Waals surface area contributed by atoms with Crippen LogP contribution in [-0.2, 0) is 16.1 Å². The van der Waals surface area contributed by atoms with E-state index in [-0.39, 0.29) is 17.7 Å². The molecular weight excluding hydrogens is 326 g/mol. The largest absolute Gasteiger partial charge is 0.352 e. The highest BCUT2D eigenvalue weighted by Crippen LogP contribution is 2.41. The van der Waals surface area contributed by atoms with Crippen molar-refractivity contribution in [2.75, 3.05) is 11.4 Å². The minimum absolute atomic E-state index is 0.105. The summed E-state index contributed by atoms with van der Waals surface area (Å²) in [6, 6.07) is 8.26. The van der Waals surface area contributed by atoms with Crippen LogP contribution in [0.1, 0.15) is 50.5 Å². The number of benzene rings is 1. The second-order valence-electron chi connectivity index (χ2n) is 8.23. The molecule has 2 bridgehead atoms. The fourth-order valence-electron chi connectivity index (χ4n) is 5.09. The average molecular weight is 355 g/mol. The molecule has 1 aliphatic heterocycles. The van der Waals surface area contributed by atoms with Crippen molar-refractivity contribution in [3.8, 4) is 0 Å². The summed E-state index contributed by atoms with van der Waals surface area (Å²) in [6.07, 6.45) is 7.04. The number of carbonyl (C=O) groups excluding carboxylic acids is 2. The molecule has 0 radical (unpaired) electrons. The Morgan fingerprint density at radius 1 is 1.19 bits per heavy atom. The predicted molar refractivity (Wildman–Crippen MR) is 101 cm³/mol. The highest BCUT2D eigenvalue weighted by molar-refractivity contribution is 5.95. The fourth-order valence-corrected chi connectivity index (χ4v) is 5.09. The van der Waals surface area contributed by atoms with E-state index in [1.165, 1.54) is 19.3 Å². The molecule has 3 N–H and O–H groups in total. The fraction of sp³-hybridized carbons (Fsp3) is 0.619. The van der Waals surface area contributed by atoms with Gasteiger partial charge in [-0.2, -0.15) is 0 Å². The van der Waals surface area contributed by atoms with E-state index >= 15 is 0 Å². The van der Waals surface area contributed by atoms with Crippen molar-refractivity contribution in [1.29, 1.82) is 0 Å². The summed E-state index contributed by atoms with van der Waals surface area (Å²) in [5.74, 6) is 1.49. The number of hydrogen-bond donors (Lipinski definition) is 2. The van der Waals surface area contributed by atoms with Crippen molar-refractivity contribution in [3.63, 3.8) is 0 Å². The second kappa shape index (κ2) is 7.39. The summed E-state index contributed by atoms with van der Waals surface area (Å²) in [4.78, 5) is 26.5. The van der Waals surface area contributed by atoms with Crippen LogP contribution in [0.4, 0.5) is 5.69 Å². The summed E-state index contributed by atoms with van der Waals surface area (Å²) in [7, 11) is 0. The first-order valence-electron chi connectivity index (χ1n) is 10.0. The monoisotopic (exact) mass is 355 g/mol. The Labute approximate surface area is 155 Å². The van der Waals surface area contributed by atoms with Gasteiger partial charge in [-0.1, -0.05) is 18.6 Å². The van der Waals surface area contributed by atoms with Gasteiger partial charge in [-0.3, -0.25) is 9.59 Å². The summed E-state index contributed by atoms with van der Waals surface area (Å²) >= 11 is 0. The van der Waals surface area contributed by atoms with E-state index in [4.69, 9.17) is 5.73 Å². The van der Waals surface area contributed by atoms with Gasteiger partial charge in [0, 0.05) is 37.2 Å². The lowest BCUT2D eigenvalue weighted by molar-refractivity contribution is -0.128. The highest BCUT2D eigenvalue weighted by Gasteiger charge is 2.40. The minimum Gasteiger partial charge on any atom is -0.352 e. The van der Waals surface area contributed by atoms with Crippen LogP contribution in [-0.4, -0.2) is 24.4 Å². The number of carbonyl (C=O) groups is 2. The van der Waals surface area contributed by atoms with Gasteiger partial charge in [0.15, 0.2) is 0 Å². The predicted octanol–water partition coefficient (Wildman–Crippen LogP) is 2.58. The standard InChI is InChI=1S/C21H29N3O2/c22-20-15-5-2-6-16(20)12-17(11-15)21(26)23-13-14-4-1-7-18(10-14)24-9-3-8-19(24)25/h1,4,7,10,15-17,20H,2-3,5-6,8-9,11-13,22H2,(H,23,26). The molecule has 5 heteroatoms. The number of nitrogens with one attached hydrogen (secondary N) is 1. The normalized spacial score (nSPS) is 31.1. The molecule has 1 heterocycles. The first kappa shape index (κ1) is 17.5. The summed E-state index contributed by atoms with van der Waals surface area (Å²) in [5.41, 5.74) is 8.32. The molecule has 1 aromatic rings. The van der Waals surface area contributed by atoms with Gasteiger partial charge in [-0.05, 0) is 61.6 Å². The molecule has 1 aromatic carbocycles. The zero-order valence-electron chi connectivity index (χ0n) is 15.3. The number of anilines is 1. The zero-order chi connectivity index (χ0) is 18.1. The molecular formula is C21H29N3O2. The van der Waals surface area contributed by atoms with E-state index in [1.807, 2.05) is 29.2 Å². The van der Waals surface area contributed by atoms with Crippen LogP contribution >= 0.6 is 0 Å². The minimum atomic E-state index is 0.105. The van der Waals surface area contributed by atoms with E-state index in [0.717, 1.165) is 37.1 Å². The van der Waals surface area contributed by atoms with Crippen molar-refractivity contribution in [1.82, 2.24) is 5.32 Å². The number of hydrogen-bond acceptors (Lipinski definition) is 3. The molecule has 5 nitrogen and oxygen atoms in total. The Morgan fingerprint density at radius 3 is 2.65 bits per heavy atom. The van der Waals surface area contributed by atoms with Crippen LogP contribution < -0.4 is 16.0 Å². The molecule has 3 fully saturated rings. The quantitative estimate of drug-likeness (QED) is 0.872. The van der Waals surface area contributed by atoms with Crippen LogP contribution in [0.15, 0.2) is 24.3 Å². The van der Waals surface area contributed by atoms with Crippen molar-refractivity contribution in [2.24, 2.45) is 23.5 Å². The summed E-state index contributed by atoms with van der Waals surface area (Å²) < 4.78 is 0. The smallest absolute Gasteiger partial charge is 0.227 e. The maximum atomic E-state index is 12.7. The van der Waals surface area contributed by atoms with Crippen LogP contribution in [0, 0.1) is 17.8 Å². The van der Waals surface area contributed by atoms with E-state index in [0.29, 0.717) is 30.8 Å². The van der Waals surface area contributed by atoms with Gasteiger partial charge >= 0.3 is 0 Å². The lowest BCUT2D eigenvalue weighted by Gasteiger charge is -2.43. The molecule has 2 saturated carbocycles. The Morgan fingerprint density at radius 2 is 1.96 bits per heavy atom. The van der Waals surface area contributed by atoms with Crippen molar-refractivity contribution >= 4 is 17.5 Å². The first-order chi connectivity index (χ1) is 12.6. The maximum Gasteiger partial charge on any atom is 0.227 e. The van der Waals surface area contributed by atoms with E-state index in [2.05, 4.69) is 5.32 Å². The number of nitrogens with zero attached hydrogens (tertiary/aromatic N) is 1. The lowest BCUT2D eigenvalue weighted by atomic mass is 9.65. The molecule has 2 atom stereocenters. The molecule has 0 aromatic heterocycles. The molecule has 2 unspecified atom stereocenters. The third kappa shape index (κ3) is 3.50. The molecule has 0 spiro atoms. The van der Waals surface area contributed by atoms with Crippen LogP contribution in [0.5, 0.6) is 0 Å². The first-order valence-corrected chi connectivity index (χ1v) is 10.0. The Kier molecular flexibility index (Phi) is 4.98. The molecule has 4 rings (SSSR count). The number of fused-ring (bicyclic) bond motifs is 2. The lowest BCUT2D eigenvalue weighted by Crippen LogP contribution is -2.49. The van der Waals surface area contributed by atoms with E-state index in [9.17, 15) is 9.59 Å². The number of rotatable bonds is 4. The average Bonchev–Trinajstić information content (AvgIpc) is 3.06. The molecule has 1 saturated heterocycles. The summed E-state index contributed by atoms with van der Waals surface area (Å²) in [6.45, 7) is 1.31. The van der Waals surface area contributed by atoms with Gasteiger partial charge < -0.3 is 16.0 Å². The van der Waals surface area contributed by atoms with Crippen molar-refractivity contribution < 1.29 is 9.59 Å². The third-order valence-electron chi connectivity index (χ3n) is 6.55. The van der Waals surface area contributed by atoms with E-state index < -0.39 is 0 Å². The molecule has 26 heavy (non-hydrogen) atoms. The topological polar surface area (TPSA) is 75.4 Å². The van der Waals surface area contributed by atoms with Crippen LogP contribution in [0.3, 0.4) is 0 Å². The van der Waals surface area contributed by atoms with Gasteiger partial charge in [-0.15, -0.1) is 0 Å². The molecule has 2 aliphatic carbocycles. The van der Waals surface area contributed by atoms with Gasteiger partial charge in [0.2, 0.25) is 11.8 Å². The van der Waals surface area contributed by atoms with Crippen molar-refractivity contribution in [3.05, 3.63) is 29.8 Å². The van der Waals surface area contributed by atoms with Gasteiger partial charge in [0.05, 0.1) is 0 Å². The van der Waals surface area contributed by atoms with Gasteiger partial charge in [0.25, 0.3) is 0 Å². The van der Waals surface area contributed by atoms with Crippen LogP contribution in [0.2, 0.25) is 0 Å². The Balaban J connectivity index is 1.35. The highest BCUT2D eigenvalue weighted by atomic mass is 16.2. The Bertz CT molecular complexity index is 676. The zero-order valence-corrected chi connectivity index (χ0v) is 15.3. The second-order valence-corrected chi connectivity index (χ2v) is 8.23. The summed E-state index contributed by atoms with van der Waals surface area (Å²) in [5, 5.41) is 3.12.